The van der Waals surface area contributed by atoms with Gasteiger partial charge in [0.25, 0.3) is 5.91 Å². The van der Waals surface area contributed by atoms with E-state index in [2.05, 4.69) is 21.2 Å². The first kappa shape index (κ1) is 31.2. The predicted molar refractivity (Wildman–Crippen MR) is 170 cm³/mol. The molecular weight excluding hydrogens is 608 g/mol. The minimum absolute atomic E-state index is 0.0167. The number of nitriles is 1. The van der Waals surface area contributed by atoms with Gasteiger partial charge in [0, 0.05) is 6.54 Å². The second kappa shape index (κ2) is 16.0. The fourth-order valence-corrected chi connectivity index (χ4v) is 4.76. The number of carbonyl (C=O) groups is 1. The number of nitrogens with zero attached hydrogens (tertiary/aromatic N) is 1. The van der Waals surface area contributed by atoms with Crippen molar-refractivity contribution < 1.29 is 23.7 Å². The van der Waals surface area contributed by atoms with Crippen molar-refractivity contribution >= 4 is 27.9 Å². The van der Waals surface area contributed by atoms with E-state index in [4.69, 9.17) is 18.9 Å². The van der Waals surface area contributed by atoms with Gasteiger partial charge in [-0.25, -0.2) is 0 Å². The molecule has 0 fully saturated rings. The van der Waals surface area contributed by atoms with Crippen LogP contribution in [0.25, 0.3) is 6.08 Å². The summed E-state index contributed by atoms with van der Waals surface area (Å²) in [7, 11) is 0. The zero-order chi connectivity index (χ0) is 30.4. The van der Waals surface area contributed by atoms with Gasteiger partial charge in [-0.05, 0) is 82.4 Å². The van der Waals surface area contributed by atoms with E-state index in [9.17, 15) is 10.1 Å². The summed E-state index contributed by atoms with van der Waals surface area (Å²) in [6, 6.07) is 30.7. The molecule has 0 bridgehead atoms. The Morgan fingerprint density at radius 2 is 1.42 bits per heavy atom. The summed E-state index contributed by atoms with van der Waals surface area (Å²) in [6.07, 6.45) is 1.53. The van der Waals surface area contributed by atoms with Crippen LogP contribution in [0.4, 0.5) is 0 Å². The molecule has 4 aromatic rings. The smallest absolute Gasteiger partial charge is 0.262 e. The van der Waals surface area contributed by atoms with Crippen LogP contribution in [0.3, 0.4) is 0 Å². The minimum Gasteiger partial charge on any atom is -0.490 e. The molecule has 0 aliphatic rings. The second-order valence-electron chi connectivity index (χ2n) is 9.38. The lowest BCUT2D eigenvalue weighted by Gasteiger charge is -2.16. The minimum atomic E-state index is -0.456. The Morgan fingerprint density at radius 1 is 0.767 bits per heavy atom. The third kappa shape index (κ3) is 9.12. The quantitative estimate of drug-likeness (QED) is 0.113. The van der Waals surface area contributed by atoms with Crippen molar-refractivity contribution in [3.63, 3.8) is 0 Å². The van der Waals surface area contributed by atoms with Crippen LogP contribution in [0.15, 0.2) is 101 Å². The molecule has 7 nitrogen and oxygen atoms in total. The molecule has 0 atom stereocenters. The van der Waals surface area contributed by atoms with E-state index < -0.39 is 5.91 Å². The summed E-state index contributed by atoms with van der Waals surface area (Å²) in [4.78, 5) is 12.7. The molecule has 43 heavy (non-hydrogen) atoms. The van der Waals surface area contributed by atoms with Gasteiger partial charge in [0.1, 0.15) is 24.9 Å². The number of halogens is 1. The lowest BCUT2D eigenvalue weighted by Crippen LogP contribution is -2.23. The van der Waals surface area contributed by atoms with Crippen molar-refractivity contribution in [2.24, 2.45) is 0 Å². The van der Waals surface area contributed by atoms with Crippen molar-refractivity contribution in [2.45, 2.75) is 33.6 Å². The summed E-state index contributed by atoms with van der Waals surface area (Å²) in [5, 5.41) is 12.5. The van der Waals surface area contributed by atoms with Crippen molar-refractivity contribution in [3.8, 4) is 29.1 Å². The third-order valence-corrected chi connectivity index (χ3v) is 6.82. The van der Waals surface area contributed by atoms with Gasteiger partial charge in [-0.3, -0.25) is 4.79 Å². The summed E-state index contributed by atoms with van der Waals surface area (Å²) >= 11 is 3.58. The zero-order valence-electron chi connectivity index (χ0n) is 24.1. The Kier molecular flexibility index (Phi) is 11.6. The Bertz CT molecular complexity index is 1580. The van der Waals surface area contributed by atoms with Gasteiger partial charge in [0.2, 0.25) is 0 Å². The van der Waals surface area contributed by atoms with Crippen LogP contribution < -0.4 is 24.3 Å². The largest absolute Gasteiger partial charge is 0.490 e. The second-order valence-corrected chi connectivity index (χ2v) is 10.2. The summed E-state index contributed by atoms with van der Waals surface area (Å²) in [6.45, 7) is 5.71. The number of ether oxygens (including phenoxy) is 4. The first-order valence-corrected chi connectivity index (χ1v) is 14.8. The Balaban J connectivity index is 1.48. The van der Waals surface area contributed by atoms with E-state index in [1.54, 1.807) is 12.1 Å². The van der Waals surface area contributed by atoms with Gasteiger partial charge >= 0.3 is 0 Å². The number of amides is 1. The topological polar surface area (TPSA) is 89.8 Å². The lowest BCUT2D eigenvalue weighted by atomic mass is 10.1. The van der Waals surface area contributed by atoms with Crippen molar-refractivity contribution in [2.75, 3.05) is 13.2 Å². The number of nitrogens with one attached hydrogen (secondary N) is 1. The number of hydrogen-bond acceptors (Lipinski definition) is 6. The van der Waals surface area contributed by atoms with E-state index in [-0.39, 0.29) is 12.2 Å². The van der Waals surface area contributed by atoms with Gasteiger partial charge in [-0.1, -0.05) is 66.7 Å². The first-order valence-electron chi connectivity index (χ1n) is 14.0. The van der Waals surface area contributed by atoms with Crippen molar-refractivity contribution in [1.82, 2.24) is 5.32 Å². The lowest BCUT2D eigenvalue weighted by molar-refractivity contribution is -0.117. The van der Waals surface area contributed by atoms with Crippen LogP contribution in [-0.2, 0) is 24.6 Å². The number of benzene rings is 4. The molecule has 0 radical (unpaired) electrons. The molecule has 4 aromatic carbocycles. The monoisotopic (exact) mass is 640 g/mol. The Hall–Kier alpha value is -4.74. The van der Waals surface area contributed by atoms with Crippen LogP contribution in [-0.4, -0.2) is 19.1 Å². The van der Waals surface area contributed by atoms with Gasteiger partial charge < -0.3 is 24.3 Å². The normalized spacial score (nSPS) is 10.9. The molecule has 0 aromatic heterocycles. The predicted octanol–water partition coefficient (Wildman–Crippen LogP) is 7.63. The van der Waals surface area contributed by atoms with Crippen molar-refractivity contribution in [1.29, 1.82) is 5.26 Å². The van der Waals surface area contributed by atoms with Gasteiger partial charge in [-0.15, -0.1) is 0 Å². The van der Waals surface area contributed by atoms with Crippen molar-refractivity contribution in [3.05, 3.63) is 123 Å². The molecule has 0 saturated carbocycles. The van der Waals surface area contributed by atoms with E-state index >= 15 is 0 Å². The summed E-state index contributed by atoms with van der Waals surface area (Å²) in [5.41, 5.74) is 3.50. The number of hydrogen-bond donors (Lipinski definition) is 1. The van der Waals surface area contributed by atoms with E-state index in [0.29, 0.717) is 59.4 Å². The molecule has 0 heterocycles. The van der Waals surface area contributed by atoms with Gasteiger partial charge in [-0.2, -0.15) is 5.26 Å². The molecule has 1 amide bonds. The van der Waals surface area contributed by atoms with Gasteiger partial charge in [0.05, 0.1) is 17.7 Å². The van der Waals surface area contributed by atoms with Crippen LogP contribution >= 0.6 is 15.9 Å². The van der Waals surface area contributed by atoms with Crippen LogP contribution in [0.5, 0.6) is 23.0 Å². The molecular formula is C35H33BrN2O5. The molecule has 4 rings (SSSR count). The summed E-state index contributed by atoms with van der Waals surface area (Å²) in [5.74, 6) is 1.83. The average molecular weight is 642 g/mol. The molecule has 8 heteroatoms. The van der Waals surface area contributed by atoms with Crippen LogP contribution in [0.1, 0.15) is 36.1 Å². The van der Waals surface area contributed by atoms with Crippen LogP contribution in [0.2, 0.25) is 0 Å². The van der Waals surface area contributed by atoms with E-state index in [0.717, 1.165) is 16.7 Å². The summed E-state index contributed by atoms with van der Waals surface area (Å²) < 4.78 is 24.6. The number of carbonyl (C=O) groups excluding carboxylic acids is 1. The van der Waals surface area contributed by atoms with E-state index in [1.807, 2.05) is 98.8 Å². The highest BCUT2D eigenvalue weighted by Gasteiger charge is 2.15. The fraction of sp³-hybridized carbons (Fsp3) is 0.200. The molecule has 0 spiro atoms. The van der Waals surface area contributed by atoms with E-state index in [1.165, 1.54) is 6.08 Å². The standard InChI is InChI=1S/C35H33BrN2O5/c1-3-40-32-19-27(15-16-31(32)42-23-26-13-9-6-10-14-26)24-43-34-30(36)18-28(20-33(34)41-4-2)17-29(21-37)35(39)38-22-25-11-7-5-8-12-25/h5-20H,3-4,22-24H2,1-2H3,(H,38,39)/b29-17+. The molecule has 0 saturated heterocycles. The Morgan fingerprint density at radius 3 is 2.09 bits per heavy atom. The molecule has 0 aliphatic heterocycles. The molecule has 0 aliphatic carbocycles. The molecule has 0 unspecified atom stereocenters. The highest BCUT2D eigenvalue weighted by atomic mass is 79.9. The zero-order valence-corrected chi connectivity index (χ0v) is 25.7. The number of rotatable bonds is 14. The Labute approximate surface area is 260 Å². The maximum absolute atomic E-state index is 12.7. The molecule has 1 N–H and O–H groups in total. The first-order chi connectivity index (χ1) is 21.0. The SMILES string of the molecule is CCOc1cc(COc2c(Br)cc(/C=C(\C#N)C(=O)NCc3ccccc3)cc2OCC)ccc1OCc1ccccc1. The third-order valence-electron chi connectivity index (χ3n) is 6.23. The highest BCUT2D eigenvalue weighted by molar-refractivity contribution is 9.10. The molecule has 220 valence electrons. The van der Waals surface area contributed by atoms with Gasteiger partial charge in [0.15, 0.2) is 23.0 Å². The average Bonchev–Trinajstić information content (AvgIpc) is 3.03. The highest BCUT2D eigenvalue weighted by Crippen LogP contribution is 2.38. The maximum atomic E-state index is 12.7. The fourth-order valence-electron chi connectivity index (χ4n) is 4.18. The van der Waals surface area contributed by atoms with Crippen LogP contribution in [0, 0.1) is 11.3 Å². The maximum Gasteiger partial charge on any atom is 0.262 e.